The maximum absolute atomic E-state index is 13.2. The predicted molar refractivity (Wildman–Crippen MR) is 108 cm³/mol. The van der Waals surface area contributed by atoms with Gasteiger partial charge in [0.25, 0.3) is 17.5 Å². The van der Waals surface area contributed by atoms with E-state index in [1.54, 1.807) is 0 Å². The minimum Gasteiger partial charge on any atom is -0.465 e. The zero-order valence-electron chi connectivity index (χ0n) is 17.3. The molecule has 0 bridgehead atoms. The maximum atomic E-state index is 13.2. The summed E-state index contributed by atoms with van der Waals surface area (Å²) < 4.78 is 44.3. The summed E-state index contributed by atoms with van der Waals surface area (Å²) in [4.78, 5) is 50.3. The van der Waals surface area contributed by atoms with Crippen LogP contribution in [-0.2, 0) is 10.9 Å². The molecule has 1 heterocycles. The van der Waals surface area contributed by atoms with Gasteiger partial charge in [-0.05, 0) is 18.2 Å². The summed E-state index contributed by atoms with van der Waals surface area (Å²) in [7, 11) is 1.09. The molecule has 0 atom stereocenters. The lowest BCUT2D eigenvalue weighted by Crippen LogP contribution is -2.50. The Morgan fingerprint density at radius 2 is 1.48 bits per heavy atom. The number of rotatable bonds is 4. The third kappa shape index (κ3) is 5.10. The Labute approximate surface area is 185 Å². The van der Waals surface area contributed by atoms with Crippen molar-refractivity contribution >= 4 is 23.5 Å². The fourth-order valence-electron chi connectivity index (χ4n) is 3.46. The SMILES string of the molecule is COC(=O)c1cc(C(=O)N2CCN(C(=O)c3ccccc3C(F)(F)F)CC2)cc([N+](=O)[O-])c1. The summed E-state index contributed by atoms with van der Waals surface area (Å²) in [6.07, 6.45) is -4.69. The lowest BCUT2D eigenvalue weighted by Gasteiger charge is -2.35. The molecule has 1 fully saturated rings. The predicted octanol–water partition coefficient (Wildman–Crippen LogP) is 3.00. The van der Waals surface area contributed by atoms with E-state index in [2.05, 4.69) is 4.74 Å². The van der Waals surface area contributed by atoms with Gasteiger partial charge < -0.3 is 14.5 Å². The van der Waals surface area contributed by atoms with Crippen LogP contribution in [0, 0.1) is 10.1 Å². The van der Waals surface area contributed by atoms with Gasteiger partial charge in [-0.2, -0.15) is 13.2 Å². The highest BCUT2D eigenvalue weighted by Crippen LogP contribution is 2.32. The van der Waals surface area contributed by atoms with E-state index in [9.17, 15) is 37.7 Å². The van der Waals surface area contributed by atoms with Gasteiger partial charge in [-0.3, -0.25) is 19.7 Å². The van der Waals surface area contributed by atoms with E-state index in [1.165, 1.54) is 21.9 Å². The summed E-state index contributed by atoms with van der Waals surface area (Å²) in [5, 5.41) is 11.2. The monoisotopic (exact) mass is 465 g/mol. The van der Waals surface area contributed by atoms with Gasteiger partial charge in [0.05, 0.1) is 28.7 Å². The smallest absolute Gasteiger partial charge is 0.417 e. The van der Waals surface area contributed by atoms with Gasteiger partial charge in [-0.25, -0.2) is 4.79 Å². The summed E-state index contributed by atoms with van der Waals surface area (Å²) in [5.74, 6) is -2.28. The van der Waals surface area contributed by atoms with Crippen LogP contribution in [0.2, 0.25) is 0 Å². The highest BCUT2D eigenvalue weighted by atomic mass is 19.4. The molecular weight excluding hydrogens is 447 g/mol. The molecule has 1 saturated heterocycles. The average molecular weight is 465 g/mol. The number of carbonyl (C=O) groups excluding carboxylic acids is 3. The van der Waals surface area contributed by atoms with Gasteiger partial charge >= 0.3 is 12.1 Å². The molecule has 12 heteroatoms. The van der Waals surface area contributed by atoms with E-state index in [0.29, 0.717) is 0 Å². The van der Waals surface area contributed by atoms with Crippen molar-refractivity contribution in [3.8, 4) is 0 Å². The molecule has 0 radical (unpaired) electrons. The molecule has 174 valence electrons. The molecule has 0 aromatic heterocycles. The van der Waals surface area contributed by atoms with Crippen LogP contribution in [0.3, 0.4) is 0 Å². The average Bonchev–Trinajstić information content (AvgIpc) is 2.81. The number of benzene rings is 2. The first-order chi connectivity index (χ1) is 15.5. The molecule has 0 spiro atoms. The standard InChI is InChI=1S/C21H18F3N3O6/c1-33-20(30)14-10-13(11-15(12-14)27(31)32)18(28)25-6-8-26(9-7-25)19(29)16-4-2-3-5-17(16)21(22,23)24/h2-5,10-12H,6-9H2,1H3. The van der Waals surface area contributed by atoms with Crippen molar-refractivity contribution in [3.05, 3.63) is 74.8 Å². The minimum absolute atomic E-state index is 0.00495. The van der Waals surface area contributed by atoms with E-state index >= 15 is 0 Å². The summed E-state index contributed by atoms with van der Waals surface area (Å²) >= 11 is 0. The number of hydrogen-bond acceptors (Lipinski definition) is 6. The molecule has 0 saturated carbocycles. The Morgan fingerprint density at radius 3 is 2.03 bits per heavy atom. The van der Waals surface area contributed by atoms with E-state index in [4.69, 9.17) is 0 Å². The van der Waals surface area contributed by atoms with Crippen molar-refractivity contribution in [2.24, 2.45) is 0 Å². The Kier molecular flexibility index (Phi) is 6.65. The number of piperazine rings is 1. The van der Waals surface area contributed by atoms with Crippen LogP contribution in [0.25, 0.3) is 0 Å². The molecule has 0 aliphatic carbocycles. The van der Waals surface area contributed by atoms with Crippen LogP contribution in [0.5, 0.6) is 0 Å². The zero-order chi connectivity index (χ0) is 24.3. The lowest BCUT2D eigenvalue weighted by molar-refractivity contribution is -0.384. The third-order valence-corrected chi connectivity index (χ3v) is 5.11. The number of esters is 1. The number of nitro groups is 1. The highest BCUT2D eigenvalue weighted by molar-refractivity contribution is 5.99. The number of ether oxygens (including phenoxy) is 1. The minimum atomic E-state index is -4.69. The molecule has 9 nitrogen and oxygen atoms in total. The molecule has 33 heavy (non-hydrogen) atoms. The highest BCUT2D eigenvalue weighted by Gasteiger charge is 2.36. The molecule has 3 rings (SSSR count). The molecule has 1 aliphatic heterocycles. The van der Waals surface area contributed by atoms with Crippen LogP contribution in [0.1, 0.15) is 36.6 Å². The second-order valence-corrected chi connectivity index (χ2v) is 7.14. The number of hydrogen-bond donors (Lipinski definition) is 0. The third-order valence-electron chi connectivity index (χ3n) is 5.11. The second kappa shape index (κ2) is 9.27. The largest absolute Gasteiger partial charge is 0.465 e. The van der Waals surface area contributed by atoms with Crippen LogP contribution < -0.4 is 0 Å². The van der Waals surface area contributed by atoms with Gasteiger partial charge in [-0.15, -0.1) is 0 Å². The van der Waals surface area contributed by atoms with Gasteiger partial charge in [0.2, 0.25) is 0 Å². The van der Waals surface area contributed by atoms with Crippen molar-refractivity contribution in [1.82, 2.24) is 9.80 Å². The summed E-state index contributed by atoms with van der Waals surface area (Å²) in [6, 6.07) is 7.62. The van der Waals surface area contributed by atoms with Gasteiger partial charge in [0, 0.05) is 43.9 Å². The van der Waals surface area contributed by atoms with Gasteiger partial charge in [0.1, 0.15) is 0 Å². The van der Waals surface area contributed by atoms with E-state index in [0.717, 1.165) is 37.4 Å². The molecule has 2 aromatic rings. The lowest BCUT2D eigenvalue weighted by atomic mass is 10.0. The van der Waals surface area contributed by atoms with Crippen LogP contribution in [0.15, 0.2) is 42.5 Å². The topological polar surface area (TPSA) is 110 Å². The van der Waals surface area contributed by atoms with E-state index < -0.39 is 45.7 Å². The number of nitrogens with zero attached hydrogens (tertiary/aromatic N) is 3. The van der Waals surface area contributed by atoms with Crippen molar-refractivity contribution in [2.45, 2.75) is 6.18 Å². The normalized spacial score (nSPS) is 14.1. The van der Waals surface area contributed by atoms with E-state index in [-0.39, 0.29) is 37.3 Å². The Bertz CT molecular complexity index is 1110. The van der Waals surface area contributed by atoms with Crippen LogP contribution in [-0.4, -0.2) is 65.8 Å². The molecular formula is C21H18F3N3O6. The molecule has 2 aromatic carbocycles. The Balaban J connectivity index is 1.76. The van der Waals surface area contributed by atoms with Crippen molar-refractivity contribution < 1.29 is 37.2 Å². The first-order valence-electron chi connectivity index (χ1n) is 9.65. The summed E-state index contributed by atoms with van der Waals surface area (Å²) in [6.45, 7) is -0.0743. The quantitative estimate of drug-likeness (QED) is 0.390. The zero-order valence-corrected chi connectivity index (χ0v) is 17.3. The number of nitro benzene ring substituents is 1. The van der Waals surface area contributed by atoms with Crippen molar-refractivity contribution in [1.29, 1.82) is 0 Å². The number of methoxy groups -OCH3 is 1. The van der Waals surface area contributed by atoms with Crippen LogP contribution in [0.4, 0.5) is 18.9 Å². The summed E-state index contributed by atoms with van der Waals surface area (Å²) in [5.41, 5.74) is -2.29. The Morgan fingerprint density at radius 1 is 0.939 bits per heavy atom. The van der Waals surface area contributed by atoms with Crippen LogP contribution >= 0.6 is 0 Å². The number of alkyl halides is 3. The molecule has 0 unspecified atom stereocenters. The van der Waals surface area contributed by atoms with Gasteiger partial charge in [0.15, 0.2) is 0 Å². The first kappa shape index (κ1) is 23.7. The Hall–Kier alpha value is -3.96. The number of amides is 2. The van der Waals surface area contributed by atoms with E-state index in [1.807, 2.05) is 0 Å². The second-order valence-electron chi connectivity index (χ2n) is 7.14. The molecule has 2 amide bonds. The van der Waals surface area contributed by atoms with Gasteiger partial charge in [-0.1, -0.05) is 12.1 Å². The van der Waals surface area contributed by atoms with Crippen molar-refractivity contribution in [2.75, 3.05) is 33.3 Å². The number of halogens is 3. The number of carbonyl (C=O) groups is 3. The maximum Gasteiger partial charge on any atom is 0.417 e. The molecule has 0 N–H and O–H groups in total. The fourth-order valence-corrected chi connectivity index (χ4v) is 3.46. The number of non-ortho nitro benzene ring substituents is 1. The fraction of sp³-hybridized carbons (Fsp3) is 0.286. The van der Waals surface area contributed by atoms with Crippen molar-refractivity contribution in [3.63, 3.8) is 0 Å². The first-order valence-corrected chi connectivity index (χ1v) is 9.65. The molecule has 1 aliphatic rings.